The van der Waals surface area contributed by atoms with Crippen LogP contribution in [-0.2, 0) is 0 Å². The van der Waals surface area contributed by atoms with E-state index in [0.29, 0.717) is 0 Å². The van der Waals surface area contributed by atoms with Gasteiger partial charge in [0.15, 0.2) is 0 Å². The smallest absolute Gasteiger partial charge is 0.0820 e. The average molecular weight is 218 g/mol. The fraction of sp³-hybridized carbons (Fsp3) is 0.250. The lowest BCUT2D eigenvalue weighted by atomic mass is 10.1. The SMILES string of the molecule is Cc1cccc(C(N)c2ccc(C)s2)n1. The van der Waals surface area contributed by atoms with Crippen molar-refractivity contribution in [2.45, 2.75) is 19.9 Å². The number of rotatable bonds is 2. The zero-order valence-corrected chi connectivity index (χ0v) is 9.71. The lowest BCUT2D eigenvalue weighted by Crippen LogP contribution is -2.12. The Hall–Kier alpha value is -1.19. The maximum Gasteiger partial charge on any atom is 0.0820 e. The molecule has 0 aliphatic heterocycles. The number of aromatic nitrogens is 1. The average Bonchev–Trinajstić information content (AvgIpc) is 2.64. The van der Waals surface area contributed by atoms with Gasteiger partial charge in [-0.3, -0.25) is 4.98 Å². The van der Waals surface area contributed by atoms with Gasteiger partial charge in [-0.15, -0.1) is 11.3 Å². The molecule has 78 valence electrons. The first-order valence-corrected chi connectivity index (χ1v) is 5.74. The van der Waals surface area contributed by atoms with Gasteiger partial charge in [0.05, 0.1) is 11.7 Å². The summed E-state index contributed by atoms with van der Waals surface area (Å²) in [5, 5.41) is 0. The van der Waals surface area contributed by atoms with E-state index in [1.54, 1.807) is 11.3 Å². The van der Waals surface area contributed by atoms with Crippen LogP contribution in [0.15, 0.2) is 30.3 Å². The molecule has 0 aliphatic rings. The monoisotopic (exact) mass is 218 g/mol. The van der Waals surface area contributed by atoms with E-state index >= 15 is 0 Å². The Morgan fingerprint density at radius 3 is 2.60 bits per heavy atom. The van der Waals surface area contributed by atoms with Gasteiger partial charge in [0.1, 0.15) is 0 Å². The van der Waals surface area contributed by atoms with Gasteiger partial charge in [-0.25, -0.2) is 0 Å². The fourth-order valence-corrected chi connectivity index (χ4v) is 2.40. The second-order valence-electron chi connectivity index (χ2n) is 3.63. The van der Waals surface area contributed by atoms with Gasteiger partial charge in [-0.1, -0.05) is 6.07 Å². The molecule has 2 rings (SSSR count). The highest BCUT2D eigenvalue weighted by atomic mass is 32.1. The first-order chi connectivity index (χ1) is 7.16. The molecule has 2 nitrogen and oxygen atoms in total. The van der Waals surface area contributed by atoms with Crippen molar-refractivity contribution in [3.8, 4) is 0 Å². The molecule has 0 aliphatic carbocycles. The summed E-state index contributed by atoms with van der Waals surface area (Å²) in [7, 11) is 0. The minimum atomic E-state index is -0.0939. The third-order valence-electron chi connectivity index (χ3n) is 2.30. The van der Waals surface area contributed by atoms with Crippen molar-refractivity contribution in [1.29, 1.82) is 0 Å². The predicted molar refractivity (Wildman–Crippen MR) is 64.1 cm³/mol. The van der Waals surface area contributed by atoms with E-state index in [1.807, 2.05) is 25.1 Å². The zero-order valence-electron chi connectivity index (χ0n) is 8.90. The predicted octanol–water partition coefficient (Wildman–Crippen LogP) is 2.81. The summed E-state index contributed by atoms with van der Waals surface area (Å²) in [5.74, 6) is 0. The van der Waals surface area contributed by atoms with Crippen LogP contribution >= 0.6 is 11.3 Å². The van der Waals surface area contributed by atoms with E-state index in [2.05, 4.69) is 24.0 Å². The maximum absolute atomic E-state index is 6.15. The van der Waals surface area contributed by atoms with Crippen molar-refractivity contribution in [2.24, 2.45) is 5.73 Å². The summed E-state index contributed by atoms with van der Waals surface area (Å²) < 4.78 is 0. The molecule has 2 aromatic heterocycles. The van der Waals surface area contributed by atoms with Gasteiger partial charge in [0.2, 0.25) is 0 Å². The quantitative estimate of drug-likeness (QED) is 0.841. The first-order valence-electron chi connectivity index (χ1n) is 4.92. The minimum Gasteiger partial charge on any atom is -0.318 e. The molecule has 1 unspecified atom stereocenters. The number of nitrogens with two attached hydrogens (primary N) is 1. The molecule has 1 atom stereocenters. The van der Waals surface area contributed by atoms with E-state index < -0.39 is 0 Å². The summed E-state index contributed by atoms with van der Waals surface area (Å²) in [5.41, 5.74) is 8.10. The molecule has 0 radical (unpaired) electrons. The number of nitrogens with zero attached hydrogens (tertiary/aromatic N) is 1. The molecule has 2 N–H and O–H groups in total. The van der Waals surface area contributed by atoms with Crippen molar-refractivity contribution in [1.82, 2.24) is 4.98 Å². The van der Waals surface area contributed by atoms with Crippen molar-refractivity contribution < 1.29 is 0 Å². The van der Waals surface area contributed by atoms with Crippen LogP contribution in [0.1, 0.15) is 27.2 Å². The van der Waals surface area contributed by atoms with Crippen LogP contribution in [0.4, 0.5) is 0 Å². The molecule has 3 heteroatoms. The zero-order chi connectivity index (χ0) is 10.8. The standard InChI is InChI=1S/C12H14N2S/c1-8-4-3-5-10(14-8)12(13)11-7-6-9(2)15-11/h3-7,12H,13H2,1-2H3. The number of pyridine rings is 1. The Bertz CT molecular complexity index is 462. The van der Waals surface area contributed by atoms with Crippen molar-refractivity contribution in [2.75, 3.05) is 0 Å². The highest BCUT2D eigenvalue weighted by Crippen LogP contribution is 2.25. The van der Waals surface area contributed by atoms with Gasteiger partial charge in [-0.05, 0) is 38.1 Å². The third-order valence-corrected chi connectivity index (χ3v) is 3.38. The molecule has 2 heterocycles. The molecule has 0 amide bonds. The van der Waals surface area contributed by atoms with Crippen molar-refractivity contribution in [3.63, 3.8) is 0 Å². The van der Waals surface area contributed by atoms with E-state index in [9.17, 15) is 0 Å². The van der Waals surface area contributed by atoms with Crippen LogP contribution in [-0.4, -0.2) is 4.98 Å². The van der Waals surface area contributed by atoms with Crippen molar-refractivity contribution >= 4 is 11.3 Å². The molecular weight excluding hydrogens is 204 g/mol. The molecule has 2 aromatic rings. The second-order valence-corrected chi connectivity index (χ2v) is 4.95. The fourth-order valence-electron chi connectivity index (χ4n) is 1.50. The van der Waals surface area contributed by atoms with Gasteiger partial charge < -0.3 is 5.73 Å². The summed E-state index contributed by atoms with van der Waals surface area (Å²) in [6.07, 6.45) is 0. The number of thiophene rings is 1. The summed E-state index contributed by atoms with van der Waals surface area (Å²) in [4.78, 5) is 6.90. The Balaban J connectivity index is 2.32. The number of hydrogen-bond donors (Lipinski definition) is 1. The number of aryl methyl sites for hydroxylation is 2. The van der Waals surface area contributed by atoms with Crippen LogP contribution in [0.5, 0.6) is 0 Å². The van der Waals surface area contributed by atoms with Crippen LogP contribution < -0.4 is 5.73 Å². The molecule has 0 fully saturated rings. The molecule has 0 saturated carbocycles. The highest BCUT2D eigenvalue weighted by molar-refractivity contribution is 7.12. The third kappa shape index (κ3) is 2.25. The minimum absolute atomic E-state index is 0.0939. The molecular formula is C12H14N2S. The van der Waals surface area contributed by atoms with Crippen LogP contribution in [0.3, 0.4) is 0 Å². The maximum atomic E-state index is 6.15. The van der Waals surface area contributed by atoms with Gasteiger partial charge in [0.25, 0.3) is 0 Å². The molecule has 0 spiro atoms. The number of hydrogen-bond acceptors (Lipinski definition) is 3. The molecule has 15 heavy (non-hydrogen) atoms. The molecule has 0 bridgehead atoms. The highest BCUT2D eigenvalue weighted by Gasteiger charge is 2.11. The topological polar surface area (TPSA) is 38.9 Å². The van der Waals surface area contributed by atoms with Gasteiger partial charge in [0, 0.05) is 15.4 Å². The van der Waals surface area contributed by atoms with E-state index in [0.717, 1.165) is 11.4 Å². The largest absolute Gasteiger partial charge is 0.318 e. The lowest BCUT2D eigenvalue weighted by molar-refractivity contribution is 0.838. The second kappa shape index (κ2) is 4.13. The van der Waals surface area contributed by atoms with Gasteiger partial charge >= 0.3 is 0 Å². The Morgan fingerprint density at radius 2 is 2.00 bits per heavy atom. The van der Waals surface area contributed by atoms with Crippen LogP contribution in [0, 0.1) is 13.8 Å². The normalized spacial score (nSPS) is 12.7. The summed E-state index contributed by atoms with van der Waals surface area (Å²) in [6.45, 7) is 4.07. The van der Waals surface area contributed by atoms with Crippen molar-refractivity contribution in [3.05, 3.63) is 51.5 Å². The van der Waals surface area contributed by atoms with Crippen LogP contribution in [0.25, 0.3) is 0 Å². The summed E-state index contributed by atoms with van der Waals surface area (Å²) >= 11 is 1.73. The Kier molecular flexibility index (Phi) is 2.84. The van der Waals surface area contributed by atoms with E-state index in [1.165, 1.54) is 9.75 Å². The van der Waals surface area contributed by atoms with E-state index in [4.69, 9.17) is 5.73 Å². The van der Waals surface area contributed by atoms with E-state index in [-0.39, 0.29) is 6.04 Å². The Morgan fingerprint density at radius 1 is 1.20 bits per heavy atom. The molecule has 0 aromatic carbocycles. The molecule has 0 saturated heterocycles. The first kappa shape index (κ1) is 10.3. The lowest BCUT2D eigenvalue weighted by Gasteiger charge is -2.09. The van der Waals surface area contributed by atoms with Crippen LogP contribution in [0.2, 0.25) is 0 Å². The Labute approximate surface area is 93.8 Å². The van der Waals surface area contributed by atoms with Gasteiger partial charge in [-0.2, -0.15) is 0 Å². The summed E-state index contributed by atoms with van der Waals surface area (Å²) in [6, 6.07) is 10.0.